The van der Waals surface area contributed by atoms with Crippen molar-refractivity contribution in [2.24, 2.45) is 5.92 Å². The molecule has 1 aromatic rings. The van der Waals surface area contributed by atoms with E-state index < -0.39 is 11.9 Å². The molecule has 0 aromatic heterocycles. The number of carboxylic acid groups (broad SMARTS) is 1. The SMILES string of the molecule is CC(CNC(=O)CCC(=O)c1ccc2c(c1)CCC2)C(=O)O. The first kappa shape index (κ1) is 16.2. The van der Waals surface area contributed by atoms with Crippen molar-refractivity contribution in [3.63, 3.8) is 0 Å². The van der Waals surface area contributed by atoms with Crippen molar-refractivity contribution >= 4 is 17.7 Å². The third kappa shape index (κ3) is 4.16. The first-order chi connectivity index (χ1) is 10.5. The van der Waals surface area contributed by atoms with Gasteiger partial charge in [0, 0.05) is 24.9 Å². The van der Waals surface area contributed by atoms with Crippen molar-refractivity contribution in [3.05, 3.63) is 34.9 Å². The Bertz CT molecular complexity index is 594. The van der Waals surface area contributed by atoms with Crippen LogP contribution in [-0.4, -0.2) is 29.3 Å². The molecule has 1 aromatic carbocycles. The number of carbonyl (C=O) groups is 3. The summed E-state index contributed by atoms with van der Waals surface area (Å²) in [5.74, 6) is -1.91. The summed E-state index contributed by atoms with van der Waals surface area (Å²) in [7, 11) is 0. The van der Waals surface area contributed by atoms with Gasteiger partial charge in [0.2, 0.25) is 5.91 Å². The Morgan fingerprint density at radius 2 is 1.91 bits per heavy atom. The van der Waals surface area contributed by atoms with Crippen LogP contribution in [0.15, 0.2) is 18.2 Å². The Hall–Kier alpha value is -2.17. The fraction of sp³-hybridized carbons (Fsp3) is 0.471. The molecule has 0 radical (unpaired) electrons. The molecule has 0 saturated carbocycles. The molecule has 1 amide bonds. The first-order valence-corrected chi connectivity index (χ1v) is 7.62. The van der Waals surface area contributed by atoms with Gasteiger partial charge in [0.05, 0.1) is 5.92 Å². The number of benzene rings is 1. The van der Waals surface area contributed by atoms with E-state index in [9.17, 15) is 14.4 Å². The summed E-state index contributed by atoms with van der Waals surface area (Å²) < 4.78 is 0. The fourth-order valence-corrected chi connectivity index (χ4v) is 2.56. The first-order valence-electron chi connectivity index (χ1n) is 7.62. The zero-order chi connectivity index (χ0) is 16.1. The van der Waals surface area contributed by atoms with E-state index in [1.165, 1.54) is 18.1 Å². The van der Waals surface area contributed by atoms with Gasteiger partial charge in [0.25, 0.3) is 0 Å². The summed E-state index contributed by atoms with van der Waals surface area (Å²) in [6, 6.07) is 5.77. The fourth-order valence-electron chi connectivity index (χ4n) is 2.56. The average Bonchev–Trinajstić information content (AvgIpc) is 2.97. The summed E-state index contributed by atoms with van der Waals surface area (Å²) in [6.45, 7) is 1.61. The molecule has 1 unspecified atom stereocenters. The zero-order valence-corrected chi connectivity index (χ0v) is 12.7. The van der Waals surface area contributed by atoms with Gasteiger partial charge >= 0.3 is 5.97 Å². The molecule has 2 N–H and O–H groups in total. The van der Waals surface area contributed by atoms with Crippen molar-refractivity contribution < 1.29 is 19.5 Å². The molecule has 0 spiro atoms. The van der Waals surface area contributed by atoms with Gasteiger partial charge in [-0.2, -0.15) is 0 Å². The molecule has 5 heteroatoms. The molecule has 0 heterocycles. The third-order valence-electron chi connectivity index (χ3n) is 4.03. The summed E-state index contributed by atoms with van der Waals surface area (Å²) in [4.78, 5) is 34.4. The molecule has 0 saturated heterocycles. The number of fused-ring (bicyclic) bond motifs is 1. The van der Waals surface area contributed by atoms with Crippen LogP contribution >= 0.6 is 0 Å². The molecule has 1 aliphatic rings. The minimum Gasteiger partial charge on any atom is -0.481 e. The summed E-state index contributed by atoms with van der Waals surface area (Å²) in [6.07, 6.45) is 3.46. The van der Waals surface area contributed by atoms with E-state index in [1.54, 1.807) is 0 Å². The second-order valence-corrected chi connectivity index (χ2v) is 5.80. The predicted molar refractivity (Wildman–Crippen MR) is 81.8 cm³/mol. The number of aliphatic carboxylic acids is 1. The molecular formula is C17H21NO4. The number of ketones is 1. The largest absolute Gasteiger partial charge is 0.481 e. The molecule has 22 heavy (non-hydrogen) atoms. The maximum Gasteiger partial charge on any atom is 0.308 e. The van der Waals surface area contributed by atoms with Crippen molar-refractivity contribution in [1.82, 2.24) is 5.32 Å². The van der Waals surface area contributed by atoms with Gasteiger partial charge in [-0.1, -0.05) is 19.1 Å². The lowest BCUT2D eigenvalue weighted by Crippen LogP contribution is -2.31. The van der Waals surface area contributed by atoms with E-state index >= 15 is 0 Å². The predicted octanol–water partition coefficient (Wildman–Crippen LogP) is 1.98. The molecule has 0 aliphatic heterocycles. The zero-order valence-electron chi connectivity index (χ0n) is 12.7. The van der Waals surface area contributed by atoms with E-state index in [0.717, 1.165) is 19.3 Å². The number of hydrogen-bond acceptors (Lipinski definition) is 3. The second-order valence-electron chi connectivity index (χ2n) is 5.80. The van der Waals surface area contributed by atoms with Crippen molar-refractivity contribution in [3.8, 4) is 0 Å². The topological polar surface area (TPSA) is 83.5 Å². The number of hydrogen-bond donors (Lipinski definition) is 2. The molecule has 2 rings (SSSR count). The lowest BCUT2D eigenvalue weighted by molar-refractivity contribution is -0.141. The van der Waals surface area contributed by atoms with Gasteiger partial charge in [-0.25, -0.2) is 0 Å². The molecule has 0 bridgehead atoms. The maximum atomic E-state index is 12.1. The summed E-state index contributed by atoms with van der Waals surface area (Å²) in [5, 5.41) is 11.3. The monoisotopic (exact) mass is 303 g/mol. The number of nitrogens with one attached hydrogen (secondary N) is 1. The van der Waals surface area contributed by atoms with Gasteiger partial charge in [0.15, 0.2) is 5.78 Å². The van der Waals surface area contributed by atoms with Crippen molar-refractivity contribution in [1.29, 1.82) is 0 Å². The van der Waals surface area contributed by atoms with Crippen molar-refractivity contribution in [2.45, 2.75) is 39.0 Å². The second kappa shape index (κ2) is 7.20. The summed E-state index contributed by atoms with van der Waals surface area (Å²) >= 11 is 0. The number of aryl methyl sites for hydroxylation is 2. The number of amides is 1. The van der Waals surface area contributed by atoms with Crippen molar-refractivity contribution in [2.75, 3.05) is 6.54 Å². The van der Waals surface area contributed by atoms with Crippen LogP contribution in [0.3, 0.4) is 0 Å². The van der Waals surface area contributed by atoms with Crippen LogP contribution in [0.25, 0.3) is 0 Å². The molecule has 1 aliphatic carbocycles. The maximum absolute atomic E-state index is 12.1. The van der Waals surface area contributed by atoms with Gasteiger partial charge < -0.3 is 10.4 Å². The van der Waals surface area contributed by atoms with E-state index in [2.05, 4.69) is 5.32 Å². The highest BCUT2D eigenvalue weighted by atomic mass is 16.4. The Morgan fingerprint density at radius 1 is 1.18 bits per heavy atom. The van der Waals surface area contributed by atoms with Crippen LogP contribution in [-0.2, 0) is 22.4 Å². The normalized spacial score (nSPS) is 14.2. The van der Waals surface area contributed by atoms with E-state index in [1.807, 2.05) is 18.2 Å². The Kier molecular flexibility index (Phi) is 5.31. The molecule has 5 nitrogen and oxygen atoms in total. The third-order valence-corrected chi connectivity index (χ3v) is 4.03. The Morgan fingerprint density at radius 3 is 2.64 bits per heavy atom. The standard InChI is InChI=1S/C17H21NO4/c1-11(17(21)22)10-18-16(20)8-7-15(19)14-6-5-12-3-2-4-13(12)9-14/h5-6,9,11H,2-4,7-8,10H2,1H3,(H,18,20)(H,21,22). The van der Waals surface area contributed by atoms with Crippen LogP contribution in [0.2, 0.25) is 0 Å². The molecule has 118 valence electrons. The number of rotatable bonds is 7. The van der Waals surface area contributed by atoms with Gasteiger partial charge in [0.1, 0.15) is 0 Å². The number of carbonyl (C=O) groups excluding carboxylic acids is 2. The Balaban J connectivity index is 1.80. The summed E-state index contributed by atoms with van der Waals surface area (Å²) in [5.41, 5.74) is 3.22. The van der Waals surface area contributed by atoms with Gasteiger partial charge in [-0.05, 0) is 36.5 Å². The number of carboxylic acids is 1. The highest BCUT2D eigenvalue weighted by Crippen LogP contribution is 2.23. The minimum atomic E-state index is -0.950. The van der Waals surface area contributed by atoms with Crippen LogP contribution in [0.1, 0.15) is 47.7 Å². The van der Waals surface area contributed by atoms with Gasteiger partial charge in [-0.15, -0.1) is 0 Å². The quantitative estimate of drug-likeness (QED) is 0.754. The van der Waals surface area contributed by atoms with E-state index in [0.29, 0.717) is 5.56 Å². The number of Topliss-reactive ketones (excluding diaryl/α,β-unsaturated/α-hetero) is 1. The molecular weight excluding hydrogens is 282 g/mol. The smallest absolute Gasteiger partial charge is 0.308 e. The minimum absolute atomic E-state index is 0.0452. The van der Waals surface area contributed by atoms with Gasteiger partial charge in [-0.3, -0.25) is 14.4 Å². The van der Waals surface area contributed by atoms with Crippen LogP contribution in [0.5, 0.6) is 0 Å². The van der Waals surface area contributed by atoms with E-state index in [4.69, 9.17) is 5.11 Å². The highest BCUT2D eigenvalue weighted by Gasteiger charge is 2.16. The molecule has 0 fully saturated rings. The Labute approximate surface area is 129 Å². The van der Waals surface area contributed by atoms with Crippen LogP contribution < -0.4 is 5.32 Å². The highest BCUT2D eigenvalue weighted by molar-refractivity contribution is 5.98. The lowest BCUT2D eigenvalue weighted by atomic mass is 10.0. The van der Waals surface area contributed by atoms with Crippen LogP contribution in [0.4, 0.5) is 0 Å². The van der Waals surface area contributed by atoms with E-state index in [-0.39, 0.29) is 31.1 Å². The molecule has 1 atom stereocenters. The lowest BCUT2D eigenvalue weighted by Gasteiger charge is -2.08. The average molecular weight is 303 g/mol. The van der Waals surface area contributed by atoms with Crippen LogP contribution in [0, 0.1) is 5.92 Å².